The molecular formula is C22H24N2O5S. The van der Waals surface area contributed by atoms with E-state index in [1.807, 2.05) is 60.7 Å². The normalized spacial score (nSPS) is 26.6. The number of nitrogens with one attached hydrogen (secondary N) is 1. The summed E-state index contributed by atoms with van der Waals surface area (Å²) in [5.41, 5.74) is 3.74. The highest BCUT2D eigenvalue weighted by atomic mass is 32.2. The molecule has 5 atom stereocenters. The van der Waals surface area contributed by atoms with Gasteiger partial charge < -0.3 is 29.8 Å². The summed E-state index contributed by atoms with van der Waals surface area (Å²) >= 11 is 1.37. The first-order valence-electron chi connectivity index (χ1n) is 9.64. The van der Waals surface area contributed by atoms with Gasteiger partial charge in [0.25, 0.3) is 0 Å². The summed E-state index contributed by atoms with van der Waals surface area (Å²) in [6, 6.07) is 19.9. The van der Waals surface area contributed by atoms with Gasteiger partial charge in [0.15, 0.2) is 11.4 Å². The molecule has 0 aliphatic carbocycles. The summed E-state index contributed by atoms with van der Waals surface area (Å²) in [6.07, 6.45) is -5.58. The van der Waals surface area contributed by atoms with Gasteiger partial charge in [0, 0.05) is 24.0 Å². The summed E-state index contributed by atoms with van der Waals surface area (Å²) < 4.78 is 10.7. The molecule has 3 aromatic rings. The fraction of sp³-hybridized carbons (Fsp3) is 0.318. The molecule has 1 aliphatic rings. The Bertz CT molecular complexity index is 894. The predicted molar refractivity (Wildman–Crippen MR) is 114 cm³/mol. The minimum atomic E-state index is -1.34. The number of nitrogens with zero attached hydrogens (tertiary/aromatic N) is 1. The molecule has 158 valence electrons. The number of hydrogen-bond donors (Lipinski definition) is 4. The second-order valence-electron chi connectivity index (χ2n) is 7.06. The molecule has 1 aromatic heterocycles. The minimum absolute atomic E-state index is 0.320. The molecular weight excluding hydrogens is 404 g/mol. The van der Waals surface area contributed by atoms with Crippen molar-refractivity contribution in [2.24, 2.45) is 0 Å². The van der Waals surface area contributed by atoms with Crippen LogP contribution < -0.4 is 0 Å². The third-order valence-corrected chi connectivity index (χ3v) is 6.04. The first-order valence-corrected chi connectivity index (χ1v) is 10.6. The van der Waals surface area contributed by atoms with E-state index in [1.54, 1.807) is 0 Å². The van der Waals surface area contributed by atoms with Gasteiger partial charge in [0.1, 0.15) is 18.3 Å². The Kier molecular flexibility index (Phi) is 6.52. The van der Waals surface area contributed by atoms with Crippen LogP contribution in [-0.4, -0.2) is 68.9 Å². The third-order valence-electron chi connectivity index (χ3n) is 5.08. The average molecular weight is 429 g/mol. The molecule has 2 heterocycles. The van der Waals surface area contributed by atoms with Crippen LogP contribution in [0.2, 0.25) is 0 Å². The second kappa shape index (κ2) is 9.30. The fourth-order valence-electron chi connectivity index (χ4n) is 3.45. The number of hydrogen-bond acceptors (Lipinski definition) is 7. The zero-order valence-electron chi connectivity index (χ0n) is 16.4. The van der Waals surface area contributed by atoms with Crippen molar-refractivity contribution in [2.45, 2.75) is 35.9 Å². The van der Waals surface area contributed by atoms with Gasteiger partial charge in [-0.05, 0) is 0 Å². The van der Waals surface area contributed by atoms with E-state index in [2.05, 4.69) is 4.98 Å². The molecule has 8 heteroatoms. The Morgan fingerprint density at radius 1 is 0.933 bits per heavy atom. The summed E-state index contributed by atoms with van der Waals surface area (Å²) in [4.78, 5) is 8.13. The van der Waals surface area contributed by atoms with Crippen LogP contribution in [0.5, 0.6) is 0 Å². The van der Waals surface area contributed by atoms with Gasteiger partial charge in [-0.15, -0.1) is 0 Å². The number of aromatic amines is 1. The lowest BCUT2D eigenvalue weighted by atomic mass is 10.00. The van der Waals surface area contributed by atoms with E-state index < -0.39 is 30.7 Å². The van der Waals surface area contributed by atoms with Crippen LogP contribution >= 0.6 is 11.8 Å². The second-order valence-corrected chi connectivity index (χ2v) is 8.07. The van der Waals surface area contributed by atoms with Crippen LogP contribution in [0.4, 0.5) is 0 Å². The smallest absolute Gasteiger partial charge is 0.186 e. The summed E-state index contributed by atoms with van der Waals surface area (Å²) in [6.45, 7) is 0. The Morgan fingerprint density at radius 2 is 1.57 bits per heavy atom. The van der Waals surface area contributed by atoms with Gasteiger partial charge in [-0.2, -0.15) is 0 Å². The molecule has 0 radical (unpaired) electrons. The molecule has 4 N–H and O–H groups in total. The van der Waals surface area contributed by atoms with Crippen molar-refractivity contribution in [1.82, 2.24) is 9.97 Å². The first kappa shape index (κ1) is 21.0. The number of methoxy groups -OCH3 is 1. The van der Waals surface area contributed by atoms with Crippen LogP contribution in [0.3, 0.4) is 0 Å². The lowest BCUT2D eigenvalue weighted by molar-refractivity contribution is -0.284. The van der Waals surface area contributed by atoms with Crippen LogP contribution in [0, 0.1) is 0 Å². The first-order chi connectivity index (χ1) is 14.6. The molecule has 1 aliphatic heterocycles. The highest BCUT2D eigenvalue weighted by Gasteiger charge is 2.43. The average Bonchev–Trinajstić information content (AvgIpc) is 3.23. The van der Waals surface area contributed by atoms with Crippen LogP contribution in [0.25, 0.3) is 22.5 Å². The van der Waals surface area contributed by atoms with Gasteiger partial charge in [-0.1, -0.05) is 72.4 Å². The molecule has 0 unspecified atom stereocenters. The number of imidazole rings is 1. The molecule has 4 rings (SSSR count). The minimum Gasteiger partial charge on any atom is -0.388 e. The molecule has 1 fully saturated rings. The maximum atomic E-state index is 10.3. The van der Waals surface area contributed by atoms with Crippen molar-refractivity contribution in [3.63, 3.8) is 0 Å². The maximum Gasteiger partial charge on any atom is 0.186 e. The SMILES string of the molecule is CO[C@H]1O[C@H](CSc2nc(-c3ccccc3)c(-c3ccccc3)[nH]2)[C@@H](O)[C@H](O)[C@@H]1O. The molecule has 2 aromatic carbocycles. The lowest BCUT2D eigenvalue weighted by Gasteiger charge is -2.39. The van der Waals surface area contributed by atoms with E-state index in [9.17, 15) is 15.3 Å². The van der Waals surface area contributed by atoms with Crippen molar-refractivity contribution < 1.29 is 24.8 Å². The van der Waals surface area contributed by atoms with E-state index >= 15 is 0 Å². The number of aliphatic hydroxyl groups is 3. The quantitative estimate of drug-likeness (QED) is 0.446. The molecule has 0 bridgehead atoms. The van der Waals surface area contributed by atoms with Gasteiger partial charge in [0.05, 0.1) is 17.5 Å². The van der Waals surface area contributed by atoms with E-state index in [4.69, 9.17) is 14.5 Å². The summed E-state index contributed by atoms with van der Waals surface area (Å²) in [5, 5.41) is 30.9. The number of benzene rings is 2. The summed E-state index contributed by atoms with van der Waals surface area (Å²) in [5.74, 6) is 0.320. The van der Waals surface area contributed by atoms with Crippen molar-refractivity contribution in [3.05, 3.63) is 60.7 Å². The molecule has 30 heavy (non-hydrogen) atoms. The standard InChI is InChI=1S/C22H24N2O5S/c1-28-21-20(27)19(26)18(25)15(29-21)12-30-22-23-16(13-8-4-2-5-9-13)17(24-22)14-10-6-3-7-11-14/h2-11,15,18-21,25-27H,12H2,1H3,(H,23,24)/t15-,18-,19+,20+,21+/m1/s1. The molecule has 0 amide bonds. The van der Waals surface area contributed by atoms with E-state index in [1.165, 1.54) is 18.9 Å². The Labute approximate surface area is 178 Å². The van der Waals surface area contributed by atoms with Crippen molar-refractivity contribution >= 4 is 11.8 Å². The largest absolute Gasteiger partial charge is 0.388 e. The number of aliphatic hydroxyl groups excluding tert-OH is 3. The number of rotatable bonds is 6. The Balaban J connectivity index is 1.57. The third kappa shape index (κ3) is 4.29. The number of H-pyrrole nitrogens is 1. The molecule has 0 saturated carbocycles. The van der Waals surface area contributed by atoms with E-state index in [-0.39, 0.29) is 0 Å². The van der Waals surface area contributed by atoms with Crippen molar-refractivity contribution in [1.29, 1.82) is 0 Å². The molecule has 0 spiro atoms. The fourth-order valence-corrected chi connectivity index (χ4v) is 4.38. The van der Waals surface area contributed by atoms with Gasteiger partial charge >= 0.3 is 0 Å². The number of thioether (sulfide) groups is 1. The van der Waals surface area contributed by atoms with Gasteiger partial charge in [-0.25, -0.2) is 4.98 Å². The van der Waals surface area contributed by atoms with Crippen LogP contribution in [0.15, 0.2) is 65.8 Å². The van der Waals surface area contributed by atoms with Gasteiger partial charge in [-0.3, -0.25) is 0 Å². The zero-order chi connectivity index (χ0) is 21.1. The highest BCUT2D eigenvalue weighted by Crippen LogP contribution is 2.33. The monoisotopic (exact) mass is 428 g/mol. The maximum absolute atomic E-state index is 10.3. The lowest BCUT2D eigenvalue weighted by Crippen LogP contribution is -2.58. The van der Waals surface area contributed by atoms with Crippen LogP contribution in [-0.2, 0) is 9.47 Å². The van der Waals surface area contributed by atoms with Gasteiger partial charge in [0.2, 0.25) is 0 Å². The predicted octanol–water partition coefficient (Wildman–Crippen LogP) is 2.29. The Morgan fingerprint density at radius 3 is 2.20 bits per heavy atom. The zero-order valence-corrected chi connectivity index (χ0v) is 17.2. The van der Waals surface area contributed by atoms with E-state index in [0.717, 1.165) is 22.5 Å². The van der Waals surface area contributed by atoms with Crippen molar-refractivity contribution in [3.8, 4) is 22.5 Å². The Hall–Kier alpha value is -2.20. The van der Waals surface area contributed by atoms with Crippen LogP contribution in [0.1, 0.15) is 0 Å². The molecule has 7 nitrogen and oxygen atoms in total. The summed E-state index contributed by atoms with van der Waals surface area (Å²) in [7, 11) is 1.38. The molecule has 1 saturated heterocycles. The topological polar surface area (TPSA) is 108 Å². The van der Waals surface area contributed by atoms with E-state index in [0.29, 0.717) is 10.9 Å². The number of ether oxygens (including phenoxy) is 2. The number of aromatic nitrogens is 2. The van der Waals surface area contributed by atoms with Crippen molar-refractivity contribution in [2.75, 3.05) is 12.9 Å². The highest BCUT2D eigenvalue weighted by molar-refractivity contribution is 7.99.